The Labute approximate surface area is 228 Å². The first-order valence-corrected chi connectivity index (χ1v) is 14.0. The predicted octanol–water partition coefficient (Wildman–Crippen LogP) is 4.98. The van der Waals surface area contributed by atoms with E-state index >= 15 is 0 Å². The smallest absolute Gasteiger partial charge is 0.243 e. The highest BCUT2D eigenvalue weighted by atomic mass is 32.1. The Balaban J connectivity index is 1.49. The minimum absolute atomic E-state index is 0.0793. The highest BCUT2D eigenvalue weighted by Gasteiger charge is 2.43. The SMILES string of the molecule is Cc1ncsc1-c1ccc([C@H](C)NC(=O)[C@@H]2C[C@@H](O)CN2C(=O)C(c2cc(C(C)(C)C)no2)C(C)C)cc1. The number of hydrogen-bond donors (Lipinski definition) is 2. The van der Waals surface area contributed by atoms with Crippen molar-refractivity contribution in [1.82, 2.24) is 20.4 Å². The number of aliphatic hydroxyl groups is 1. The van der Waals surface area contributed by atoms with Crippen molar-refractivity contribution in [2.24, 2.45) is 5.92 Å². The van der Waals surface area contributed by atoms with Gasteiger partial charge in [-0.15, -0.1) is 11.3 Å². The molecule has 1 unspecified atom stereocenters. The second-order valence-corrected chi connectivity index (χ2v) is 12.5. The molecule has 1 aliphatic heterocycles. The summed E-state index contributed by atoms with van der Waals surface area (Å²) < 4.78 is 5.62. The van der Waals surface area contributed by atoms with Crippen molar-refractivity contribution in [1.29, 1.82) is 0 Å². The van der Waals surface area contributed by atoms with Gasteiger partial charge in [-0.3, -0.25) is 9.59 Å². The number of β-amino-alcohol motifs (C(OH)–C–C–N with tert-alkyl or cyclic N) is 1. The van der Waals surface area contributed by atoms with Crippen LogP contribution in [0, 0.1) is 12.8 Å². The van der Waals surface area contributed by atoms with Gasteiger partial charge in [0.25, 0.3) is 0 Å². The van der Waals surface area contributed by atoms with E-state index < -0.39 is 18.1 Å². The maximum Gasteiger partial charge on any atom is 0.243 e. The summed E-state index contributed by atoms with van der Waals surface area (Å²) in [5, 5.41) is 17.7. The highest BCUT2D eigenvalue weighted by Crippen LogP contribution is 2.33. The number of carbonyl (C=O) groups excluding carboxylic acids is 2. The molecule has 1 saturated heterocycles. The Hall–Kier alpha value is -3.04. The Morgan fingerprint density at radius 3 is 2.42 bits per heavy atom. The molecule has 0 aliphatic carbocycles. The lowest BCUT2D eigenvalue weighted by molar-refractivity contribution is -0.141. The van der Waals surface area contributed by atoms with Gasteiger partial charge in [-0.05, 0) is 30.9 Å². The van der Waals surface area contributed by atoms with Crippen LogP contribution in [0.2, 0.25) is 0 Å². The third kappa shape index (κ3) is 5.83. The standard InChI is InChI=1S/C29H38N4O4S/c1-16(2)25(23-13-24(32-37-23)29(5,6)7)28(36)33-14-21(34)12-22(33)27(35)31-17(3)19-8-10-20(11-9-19)26-18(4)30-15-38-26/h8-11,13,15-17,21-22,25,34H,12,14H2,1-7H3,(H,31,35)/t17-,21+,22-,25?/m0/s1. The molecule has 8 nitrogen and oxygen atoms in total. The number of nitrogens with one attached hydrogen (secondary N) is 1. The lowest BCUT2D eigenvalue weighted by Crippen LogP contribution is -2.48. The quantitative estimate of drug-likeness (QED) is 0.439. The predicted molar refractivity (Wildman–Crippen MR) is 148 cm³/mol. The van der Waals surface area contributed by atoms with Crippen LogP contribution in [0.15, 0.2) is 40.4 Å². The number of aryl methyl sites for hydroxylation is 1. The van der Waals surface area contributed by atoms with Crippen molar-refractivity contribution in [3.63, 3.8) is 0 Å². The van der Waals surface area contributed by atoms with Crippen molar-refractivity contribution < 1.29 is 19.2 Å². The summed E-state index contributed by atoms with van der Waals surface area (Å²) in [7, 11) is 0. The molecule has 0 saturated carbocycles. The van der Waals surface area contributed by atoms with Gasteiger partial charge >= 0.3 is 0 Å². The number of hydrogen-bond acceptors (Lipinski definition) is 7. The summed E-state index contributed by atoms with van der Waals surface area (Å²) in [6.07, 6.45) is -0.567. The van der Waals surface area contributed by atoms with Crippen LogP contribution in [0.4, 0.5) is 0 Å². The van der Waals surface area contributed by atoms with Gasteiger partial charge in [0.05, 0.1) is 33.9 Å². The summed E-state index contributed by atoms with van der Waals surface area (Å²) >= 11 is 1.60. The van der Waals surface area contributed by atoms with Gasteiger partial charge in [0.15, 0.2) is 0 Å². The minimum atomic E-state index is -0.764. The Bertz CT molecular complexity index is 1270. The van der Waals surface area contributed by atoms with Gasteiger partial charge in [-0.1, -0.05) is 64.0 Å². The van der Waals surface area contributed by atoms with Crippen LogP contribution in [0.25, 0.3) is 10.4 Å². The van der Waals surface area contributed by atoms with Crippen LogP contribution in [0.3, 0.4) is 0 Å². The monoisotopic (exact) mass is 538 g/mol. The fourth-order valence-electron chi connectivity index (χ4n) is 4.90. The van der Waals surface area contributed by atoms with Crippen LogP contribution in [0.1, 0.15) is 82.6 Å². The molecule has 2 aromatic heterocycles. The van der Waals surface area contributed by atoms with Crippen molar-refractivity contribution in [2.75, 3.05) is 6.54 Å². The van der Waals surface area contributed by atoms with Crippen LogP contribution in [-0.2, 0) is 15.0 Å². The first-order valence-electron chi connectivity index (χ1n) is 13.1. The molecule has 0 bridgehead atoms. The summed E-state index contributed by atoms with van der Waals surface area (Å²) in [5.74, 6) is -0.700. The summed E-state index contributed by atoms with van der Waals surface area (Å²) in [6, 6.07) is 8.87. The number of nitrogens with zero attached hydrogens (tertiary/aromatic N) is 3. The Kier molecular flexibility index (Phi) is 8.09. The van der Waals surface area contributed by atoms with Gasteiger partial charge in [0.1, 0.15) is 17.7 Å². The number of aromatic nitrogens is 2. The molecule has 0 radical (unpaired) electrons. The normalized spacial score (nSPS) is 19.6. The minimum Gasteiger partial charge on any atom is -0.391 e. The van der Waals surface area contributed by atoms with Gasteiger partial charge in [-0.25, -0.2) is 4.98 Å². The second kappa shape index (κ2) is 11.0. The van der Waals surface area contributed by atoms with E-state index in [0.717, 1.165) is 27.4 Å². The number of rotatable bonds is 7. The molecule has 204 valence electrons. The van der Waals surface area contributed by atoms with Crippen molar-refractivity contribution in [2.45, 2.75) is 84.4 Å². The topological polar surface area (TPSA) is 109 Å². The average Bonchev–Trinajstić information content (AvgIpc) is 3.58. The summed E-state index contributed by atoms with van der Waals surface area (Å²) in [5.41, 5.74) is 5.43. The fourth-order valence-corrected chi connectivity index (χ4v) is 5.72. The van der Waals surface area contributed by atoms with E-state index in [1.165, 1.54) is 4.90 Å². The molecule has 1 aromatic carbocycles. The Morgan fingerprint density at radius 2 is 1.87 bits per heavy atom. The molecule has 0 spiro atoms. The maximum absolute atomic E-state index is 13.8. The van der Waals surface area contributed by atoms with Gasteiger partial charge in [-0.2, -0.15) is 0 Å². The molecule has 2 amide bonds. The zero-order valence-electron chi connectivity index (χ0n) is 23.2. The molecular weight excluding hydrogens is 500 g/mol. The van der Waals surface area contributed by atoms with E-state index in [4.69, 9.17) is 4.52 Å². The number of carbonyl (C=O) groups is 2. The van der Waals surface area contributed by atoms with E-state index in [-0.39, 0.29) is 42.2 Å². The lowest BCUT2D eigenvalue weighted by atomic mass is 9.88. The molecule has 3 heterocycles. The largest absolute Gasteiger partial charge is 0.391 e. The molecule has 4 rings (SSSR count). The van der Waals surface area contributed by atoms with E-state index in [1.54, 1.807) is 11.3 Å². The zero-order valence-corrected chi connectivity index (χ0v) is 24.0. The molecule has 2 N–H and O–H groups in total. The molecule has 4 atom stereocenters. The van der Waals surface area contributed by atoms with E-state index in [1.807, 2.05) is 84.3 Å². The molecule has 1 aliphatic rings. The summed E-state index contributed by atoms with van der Waals surface area (Å²) in [4.78, 5) is 34.1. The number of likely N-dealkylation sites (tertiary alicyclic amines) is 1. The van der Waals surface area contributed by atoms with Crippen LogP contribution >= 0.6 is 11.3 Å². The number of amides is 2. The molecule has 38 heavy (non-hydrogen) atoms. The molecular formula is C29H38N4O4S. The van der Waals surface area contributed by atoms with E-state index in [2.05, 4.69) is 15.5 Å². The fraction of sp³-hybridized carbons (Fsp3) is 0.517. The van der Waals surface area contributed by atoms with Crippen LogP contribution < -0.4 is 5.32 Å². The number of aliphatic hydroxyl groups excluding tert-OH is 1. The number of thiazole rings is 1. The van der Waals surface area contributed by atoms with Crippen LogP contribution in [0.5, 0.6) is 0 Å². The second-order valence-electron chi connectivity index (χ2n) is 11.6. The first-order chi connectivity index (χ1) is 17.9. The lowest BCUT2D eigenvalue weighted by Gasteiger charge is -2.29. The maximum atomic E-state index is 13.8. The van der Waals surface area contributed by atoms with Gasteiger partial charge in [0, 0.05) is 24.4 Å². The molecule has 9 heteroatoms. The van der Waals surface area contributed by atoms with Crippen molar-refractivity contribution >= 4 is 23.2 Å². The summed E-state index contributed by atoms with van der Waals surface area (Å²) in [6.45, 7) is 14.0. The van der Waals surface area contributed by atoms with Crippen molar-refractivity contribution in [3.05, 3.63) is 58.6 Å². The average molecular weight is 539 g/mol. The van der Waals surface area contributed by atoms with Crippen LogP contribution in [-0.4, -0.2) is 50.7 Å². The van der Waals surface area contributed by atoms with Gasteiger partial charge in [0.2, 0.25) is 11.8 Å². The van der Waals surface area contributed by atoms with E-state index in [9.17, 15) is 14.7 Å². The Morgan fingerprint density at radius 1 is 1.18 bits per heavy atom. The third-order valence-corrected chi connectivity index (χ3v) is 8.16. The molecule has 1 fully saturated rings. The number of benzene rings is 1. The highest BCUT2D eigenvalue weighted by molar-refractivity contribution is 7.13. The first kappa shape index (κ1) is 28.0. The van der Waals surface area contributed by atoms with Crippen molar-refractivity contribution in [3.8, 4) is 10.4 Å². The van der Waals surface area contributed by atoms with Gasteiger partial charge < -0.3 is 19.8 Å². The third-order valence-electron chi connectivity index (χ3n) is 7.18. The zero-order chi connectivity index (χ0) is 27.8. The molecule has 3 aromatic rings. The van der Waals surface area contributed by atoms with E-state index in [0.29, 0.717) is 5.76 Å².